The van der Waals surface area contributed by atoms with E-state index >= 15 is 0 Å². The van der Waals surface area contributed by atoms with E-state index in [1.54, 1.807) is 48.5 Å². The fourth-order valence-electron chi connectivity index (χ4n) is 2.06. The van der Waals surface area contributed by atoms with Crippen LogP contribution in [0.1, 0.15) is 18.0 Å². The zero-order chi connectivity index (χ0) is 15.3. The van der Waals surface area contributed by atoms with Gasteiger partial charge in [-0.05, 0) is 29.8 Å². The van der Waals surface area contributed by atoms with E-state index in [1.807, 2.05) is 6.07 Å². The van der Waals surface area contributed by atoms with Gasteiger partial charge in [0.1, 0.15) is 5.75 Å². The Morgan fingerprint density at radius 3 is 2.14 bits per heavy atom. The largest absolute Gasteiger partial charge is 0.497 e. The van der Waals surface area contributed by atoms with Crippen LogP contribution < -0.4 is 10.1 Å². The second-order valence-corrected chi connectivity index (χ2v) is 4.66. The maximum atomic E-state index is 12.8. The van der Waals surface area contributed by atoms with Gasteiger partial charge in [-0.3, -0.25) is 0 Å². The first kappa shape index (κ1) is 15.2. The van der Waals surface area contributed by atoms with Crippen LogP contribution in [0.25, 0.3) is 0 Å². The average molecular weight is 295 g/mol. The smallest absolute Gasteiger partial charge is 0.391 e. The summed E-state index contributed by atoms with van der Waals surface area (Å²) in [5, 5.41) is 2.93. The first-order valence-electron chi connectivity index (χ1n) is 6.50. The van der Waals surface area contributed by atoms with Crippen molar-refractivity contribution in [2.24, 2.45) is 0 Å². The van der Waals surface area contributed by atoms with Gasteiger partial charge in [0.25, 0.3) is 0 Å². The molecule has 1 N–H and O–H groups in total. The number of halogens is 3. The van der Waals surface area contributed by atoms with Crippen LogP contribution >= 0.6 is 0 Å². The minimum Gasteiger partial charge on any atom is -0.497 e. The summed E-state index contributed by atoms with van der Waals surface area (Å²) in [6.45, 7) is 0. The standard InChI is InChI=1S/C16H16F3NO/c1-21-14-9-7-12(8-10-14)15(11-16(17,18)19)20-13-5-3-2-4-6-13/h2-10,15,20H,11H2,1H3. The molecule has 5 heteroatoms. The lowest BCUT2D eigenvalue weighted by atomic mass is 10.0. The second kappa shape index (κ2) is 6.52. The first-order chi connectivity index (χ1) is 9.98. The number of benzene rings is 2. The van der Waals surface area contributed by atoms with Crippen molar-refractivity contribution < 1.29 is 17.9 Å². The van der Waals surface area contributed by atoms with Gasteiger partial charge in [-0.2, -0.15) is 13.2 Å². The minimum atomic E-state index is -4.24. The molecule has 0 aliphatic carbocycles. The molecular formula is C16H16F3NO. The van der Waals surface area contributed by atoms with E-state index in [0.29, 0.717) is 17.0 Å². The highest BCUT2D eigenvalue weighted by Gasteiger charge is 2.32. The molecule has 1 unspecified atom stereocenters. The van der Waals surface area contributed by atoms with Gasteiger partial charge in [0.2, 0.25) is 0 Å². The van der Waals surface area contributed by atoms with Crippen molar-refractivity contribution in [3.63, 3.8) is 0 Å². The molecule has 1 atom stereocenters. The summed E-state index contributed by atoms with van der Waals surface area (Å²) in [7, 11) is 1.52. The van der Waals surface area contributed by atoms with Crippen LogP contribution in [0.2, 0.25) is 0 Å². The monoisotopic (exact) mass is 295 g/mol. The van der Waals surface area contributed by atoms with Crippen LogP contribution in [0.4, 0.5) is 18.9 Å². The highest BCUT2D eigenvalue weighted by molar-refractivity contribution is 5.45. The number of ether oxygens (including phenoxy) is 1. The van der Waals surface area contributed by atoms with E-state index in [0.717, 1.165) is 0 Å². The van der Waals surface area contributed by atoms with Crippen LogP contribution in [0.15, 0.2) is 54.6 Å². The Bertz CT molecular complexity index is 552. The Morgan fingerprint density at radius 1 is 1.00 bits per heavy atom. The minimum absolute atomic E-state index is 0.567. The highest BCUT2D eigenvalue weighted by atomic mass is 19.4. The number of nitrogens with one attached hydrogen (secondary N) is 1. The van der Waals surface area contributed by atoms with E-state index in [9.17, 15) is 13.2 Å². The van der Waals surface area contributed by atoms with Crippen LogP contribution in [-0.2, 0) is 0 Å². The van der Waals surface area contributed by atoms with Crippen LogP contribution in [0, 0.1) is 0 Å². The van der Waals surface area contributed by atoms with Crippen molar-refractivity contribution in [1.29, 1.82) is 0 Å². The molecule has 0 bridgehead atoms. The number of rotatable bonds is 5. The number of methoxy groups -OCH3 is 1. The second-order valence-electron chi connectivity index (χ2n) is 4.66. The summed E-state index contributed by atoms with van der Waals surface area (Å²) < 4.78 is 43.4. The molecule has 0 saturated heterocycles. The first-order valence-corrected chi connectivity index (χ1v) is 6.50. The summed E-state index contributed by atoms with van der Waals surface area (Å²) in [5.41, 5.74) is 1.22. The summed E-state index contributed by atoms with van der Waals surface area (Å²) in [5.74, 6) is 0.615. The Balaban J connectivity index is 2.22. The van der Waals surface area contributed by atoms with Crippen molar-refractivity contribution in [1.82, 2.24) is 0 Å². The molecule has 2 aromatic carbocycles. The van der Waals surface area contributed by atoms with Gasteiger partial charge < -0.3 is 10.1 Å². The Kier molecular flexibility index (Phi) is 4.73. The third kappa shape index (κ3) is 4.70. The van der Waals surface area contributed by atoms with Crippen molar-refractivity contribution in [2.45, 2.75) is 18.6 Å². The van der Waals surface area contributed by atoms with Gasteiger partial charge in [-0.1, -0.05) is 30.3 Å². The van der Waals surface area contributed by atoms with E-state index in [2.05, 4.69) is 5.32 Å². The van der Waals surface area contributed by atoms with Crippen LogP contribution in [0.3, 0.4) is 0 Å². The van der Waals surface area contributed by atoms with Gasteiger partial charge in [-0.25, -0.2) is 0 Å². The predicted molar refractivity (Wildman–Crippen MR) is 76.5 cm³/mol. The topological polar surface area (TPSA) is 21.3 Å². The maximum absolute atomic E-state index is 12.8. The number of hydrogen-bond acceptors (Lipinski definition) is 2. The number of para-hydroxylation sites is 1. The van der Waals surface area contributed by atoms with Crippen molar-refractivity contribution in [3.05, 3.63) is 60.2 Å². The molecule has 2 aromatic rings. The molecule has 0 spiro atoms. The van der Waals surface area contributed by atoms with E-state index < -0.39 is 18.6 Å². The third-order valence-electron chi connectivity index (χ3n) is 3.07. The molecule has 112 valence electrons. The average Bonchev–Trinajstić information content (AvgIpc) is 2.46. The predicted octanol–water partition coefficient (Wildman–Crippen LogP) is 4.80. The Labute approximate surface area is 121 Å². The van der Waals surface area contributed by atoms with Crippen molar-refractivity contribution in [2.75, 3.05) is 12.4 Å². The summed E-state index contributed by atoms with van der Waals surface area (Å²) in [6.07, 6.45) is -5.18. The lowest BCUT2D eigenvalue weighted by Gasteiger charge is -2.22. The molecule has 0 radical (unpaired) electrons. The van der Waals surface area contributed by atoms with Gasteiger partial charge in [0.05, 0.1) is 19.6 Å². The molecule has 21 heavy (non-hydrogen) atoms. The SMILES string of the molecule is COc1ccc(C(CC(F)(F)F)Nc2ccccc2)cc1. The van der Waals surface area contributed by atoms with Crippen molar-refractivity contribution >= 4 is 5.69 Å². The quantitative estimate of drug-likeness (QED) is 0.855. The molecule has 0 heterocycles. The highest BCUT2D eigenvalue weighted by Crippen LogP contribution is 2.32. The molecule has 0 amide bonds. The van der Waals surface area contributed by atoms with E-state index in [-0.39, 0.29) is 0 Å². The van der Waals surface area contributed by atoms with Gasteiger partial charge in [0.15, 0.2) is 0 Å². The molecule has 0 saturated carbocycles. The Hall–Kier alpha value is -2.17. The molecule has 2 nitrogen and oxygen atoms in total. The summed E-state index contributed by atoms with van der Waals surface area (Å²) in [4.78, 5) is 0. The third-order valence-corrected chi connectivity index (χ3v) is 3.07. The molecule has 0 aliphatic rings. The van der Waals surface area contributed by atoms with Gasteiger partial charge in [-0.15, -0.1) is 0 Å². The van der Waals surface area contributed by atoms with Crippen molar-refractivity contribution in [3.8, 4) is 5.75 Å². The lowest BCUT2D eigenvalue weighted by molar-refractivity contribution is -0.137. The Morgan fingerprint density at radius 2 is 1.62 bits per heavy atom. The van der Waals surface area contributed by atoms with Gasteiger partial charge >= 0.3 is 6.18 Å². The zero-order valence-electron chi connectivity index (χ0n) is 11.5. The summed E-state index contributed by atoms with van der Waals surface area (Å²) in [6, 6.07) is 14.6. The molecule has 0 aliphatic heterocycles. The number of hydrogen-bond donors (Lipinski definition) is 1. The zero-order valence-corrected chi connectivity index (χ0v) is 11.5. The molecule has 0 fully saturated rings. The van der Waals surface area contributed by atoms with Crippen LogP contribution in [0.5, 0.6) is 5.75 Å². The fraction of sp³-hybridized carbons (Fsp3) is 0.250. The maximum Gasteiger partial charge on any atom is 0.391 e. The molecule has 2 rings (SSSR count). The lowest BCUT2D eigenvalue weighted by Crippen LogP contribution is -2.20. The van der Waals surface area contributed by atoms with Gasteiger partial charge in [0, 0.05) is 5.69 Å². The van der Waals surface area contributed by atoms with E-state index in [4.69, 9.17) is 4.74 Å². The molecular weight excluding hydrogens is 279 g/mol. The molecule has 0 aromatic heterocycles. The van der Waals surface area contributed by atoms with E-state index in [1.165, 1.54) is 7.11 Å². The number of alkyl halides is 3. The normalized spacial score (nSPS) is 12.8. The summed E-state index contributed by atoms with van der Waals surface area (Å²) >= 11 is 0. The fourth-order valence-corrected chi connectivity index (χ4v) is 2.06. The van der Waals surface area contributed by atoms with Crippen LogP contribution in [-0.4, -0.2) is 13.3 Å². The number of anilines is 1.